The molecule has 106 valence electrons. The summed E-state index contributed by atoms with van der Waals surface area (Å²) in [4.78, 5) is 4.58. The second-order valence-electron chi connectivity index (χ2n) is 5.60. The summed E-state index contributed by atoms with van der Waals surface area (Å²) in [7, 11) is 0. The zero-order chi connectivity index (χ0) is 13.1. The van der Waals surface area contributed by atoms with E-state index >= 15 is 0 Å². The van der Waals surface area contributed by atoms with Crippen LogP contribution in [0.1, 0.15) is 63.1 Å². The molecule has 0 aromatic carbocycles. The number of hydrogen-bond acceptors (Lipinski definition) is 5. The second-order valence-corrected chi connectivity index (χ2v) is 6.83. The molecular weight excluding hydrogens is 260 g/mol. The highest BCUT2D eigenvalue weighted by Gasteiger charge is 2.26. The van der Waals surface area contributed by atoms with E-state index < -0.39 is 0 Å². The first-order valence-corrected chi connectivity index (χ1v) is 8.43. The van der Waals surface area contributed by atoms with E-state index in [9.17, 15) is 0 Å². The fourth-order valence-corrected chi connectivity index (χ4v) is 4.05. The minimum absolute atomic E-state index is 0.356. The third-order valence-electron chi connectivity index (χ3n) is 4.17. The number of nitrogens with zero attached hydrogens (tertiary/aromatic N) is 2. The van der Waals surface area contributed by atoms with E-state index in [-0.39, 0.29) is 0 Å². The predicted molar refractivity (Wildman–Crippen MR) is 75.2 cm³/mol. The van der Waals surface area contributed by atoms with Gasteiger partial charge in [-0.15, -0.1) is 11.8 Å². The first kappa shape index (κ1) is 13.4. The van der Waals surface area contributed by atoms with E-state index in [0.717, 1.165) is 30.5 Å². The van der Waals surface area contributed by atoms with Crippen LogP contribution < -0.4 is 0 Å². The number of rotatable bonds is 4. The van der Waals surface area contributed by atoms with E-state index in [0.29, 0.717) is 17.3 Å². The number of hydrogen-bond donors (Lipinski definition) is 0. The maximum Gasteiger partial charge on any atom is 0.229 e. The van der Waals surface area contributed by atoms with Crippen molar-refractivity contribution >= 4 is 11.8 Å². The Balaban J connectivity index is 1.52. The van der Waals surface area contributed by atoms with Gasteiger partial charge in [-0.05, 0) is 26.2 Å². The van der Waals surface area contributed by atoms with Gasteiger partial charge in [-0.3, -0.25) is 0 Å². The van der Waals surface area contributed by atoms with Gasteiger partial charge in [0.05, 0.1) is 11.9 Å². The summed E-state index contributed by atoms with van der Waals surface area (Å²) in [5.74, 6) is 3.07. The normalized spacial score (nSPS) is 28.9. The molecule has 2 aliphatic rings. The second kappa shape index (κ2) is 6.27. The van der Waals surface area contributed by atoms with Crippen LogP contribution in [-0.4, -0.2) is 28.1 Å². The standard InChI is InChI=1S/C14H22N2O2S/c1-10-12(7-8-17-10)19-9-13-15-14(18-16-13)11-5-3-2-4-6-11/h10-12H,2-9H2,1H3/t10-,12+/m0/s1. The zero-order valence-corrected chi connectivity index (χ0v) is 12.3. The maximum atomic E-state index is 5.57. The van der Waals surface area contributed by atoms with Crippen molar-refractivity contribution in [2.75, 3.05) is 6.61 Å². The Labute approximate surface area is 118 Å². The van der Waals surface area contributed by atoms with Crippen molar-refractivity contribution in [3.63, 3.8) is 0 Å². The third-order valence-corrected chi connectivity index (χ3v) is 5.64. The van der Waals surface area contributed by atoms with Crippen LogP contribution >= 0.6 is 11.8 Å². The van der Waals surface area contributed by atoms with Crippen LogP contribution in [0.25, 0.3) is 0 Å². The lowest BCUT2D eigenvalue weighted by Crippen LogP contribution is -2.13. The molecule has 1 aromatic heterocycles. The van der Waals surface area contributed by atoms with Crippen molar-refractivity contribution in [3.8, 4) is 0 Å². The lowest BCUT2D eigenvalue weighted by atomic mass is 9.89. The summed E-state index contributed by atoms with van der Waals surface area (Å²) >= 11 is 1.90. The summed E-state index contributed by atoms with van der Waals surface area (Å²) in [5, 5.41) is 4.71. The average molecular weight is 282 g/mol. The molecule has 1 saturated heterocycles. The number of aromatic nitrogens is 2. The quantitative estimate of drug-likeness (QED) is 0.845. The Hall–Kier alpha value is -0.550. The van der Waals surface area contributed by atoms with Crippen molar-refractivity contribution < 1.29 is 9.26 Å². The lowest BCUT2D eigenvalue weighted by molar-refractivity contribution is 0.127. The van der Waals surface area contributed by atoms with Gasteiger partial charge in [-0.2, -0.15) is 4.98 Å². The van der Waals surface area contributed by atoms with Crippen molar-refractivity contribution in [1.82, 2.24) is 10.1 Å². The molecule has 1 aromatic rings. The third kappa shape index (κ3) is 3.31. The van der Waals surface area contributed by atoms with E-state index in [1.54, 1.807) is 0 Å². The zero-order valence-electron chi connectivity index (χ0n) is 11.5. The van der Waals surface area contributed by atoms with Crippen LogP contribution in [0, 0.1) is 0 Å². The molecule has 1 aliphatic heterocycles. The molecule has 3 rings (SSSR count). The van der Waals surface area contributed by atoms with Crippen LogP contribution in [0.5, 0.6) is 0 Å². The van der Waals surface area contributed by atoms with E-state index in [1.165, 1.54) is 32.1 Å². The van der Waals surface area contributed by atoms with Crippen LogP contribution in [0.3, 0.4) is 0 Å². The van der Waals surface area contributed by atoms with Crippen molar-refractivity contribution in [1.29, 1.82) is 0 Å². The smallest absolute Gasteiger partial charge is 0.229 e. The Bertz CT molecular complexity index is 404. The van der Waals surface area contributed by atoms with Crippen LogP contribution in [-0.2, 0) is 10.5 Å². The topological polar surface area (TPSA) is 48.2 Å². The molecular formula is C14H22N2O2S. The van der Waals surface area contributed by atoms with Gasteiger partial charge < -0.3 is 9.26 Å². The molecule has 0 N–H and O–H groups in total. The van der Waals surface area contributed by atoms with Crippen LogP contribution in [0.4, 0.5) is 0 Å². The highest BCUT2D eigenvalue weighted by Crippen LogP contribution is 2.32. The van der Waals surface area contributed by atoms with Gasteiger partial charge in [0.1, 0.15) is 0 Å². The maximum absolute atomic E-state index is 5.57. The van der Waals surface area contributed by atoms with Gasteiger partial charge in [0.2, 0.25) is 5.89 Å². The molecule has 1 aliphatic carbocycles. The minimum Gasteiger partial charge on any atom is -0.377 e. The van der Waals surface area contributed by atoms with Crippen molar-refractivity contribution in [2.24, 2.45) is 0 Å². The lowest BCUT2D eigenvalue weighted by Gasteiger charge is -2.17. The van der Waals surface area contributed by atoms with Crippen LogP contribution in [0.2, 0.25) is 0 Å². The Morgan fingerprint density at radius 2 is 2.05 bits per heavy atom. The average Bonchev–Trinajstić information content (AvgIpc) is 3.06. The summed E-state index contributed by atoms with van der Waals surface area (Å²) in [6.45, 7) is 3.03. The molecule has 0 amide bonds. The predicted octanol–water partition coefficient (Wildman–Crippen LogP) is 3.53. The van der Waals surface area contributed by atoms with E-state index in [1.807, 2.05) is 11.8 Å². The summed E-state index contributed by atoms with van der Waals surface area (Å²) in [6.07, 6.45) is 7.87. The first-order valence-electron chi connectivity index (χ1n) is 7.38. The van der Waals surface area contributed by atoms with Gasteiger partial charge >= 0.3 is 0 Å². The molecule has 4 nitrogen and oxygen atoms in total. The highest BCUT2D eigenvalue weighted by molar-refractivity contribution is 7.99. The molecule has 5 heteroatoms. The molecule has 2 fully saturated rings. The number of thioether (sulfide) groups is 1. The molecule has 19 heavy (non-hydrogen) atoms. The highest BCUT2D eigenvalue weighted by atomic mass is 32.2. The fourth-order valence-electron chi connectivity index (χ4n) is 2.95. The van der Waals surface area contributed by atoms with Gasteiger partial charge in [0, 0.05) is 17.8 Å². The molecule has 0 radical (unpaired) electrons. The summed E-state index contributed by atoms with van der Waals surface area (Å²) < 4.78 is 11.0. The van der Waals surface area contributed by atoms with E-state index in [4.69, 9.17) is 9.26 Å². The molecule has 0 bridgehead atoms. The molecule has 0 spiro atoms. The molecule has 2 heterocycles. The minimum atomic E-state index is 0.356. The SMILES string of the molecule is C[C@@H]1OCC[C@H]1SCc1noc(C2CCCCC2)n1. The molecule has 2 atom stereocenters. The first-order chi connectivity index (χ1) is 9.33. The van der Waals surface area contributed by atoms with Gasteiger partial charge in [0.25, 0.3) is 0 Å². The van der Waals surface area contributed by atoms with Gasteiger partial charge in [0.15, 0.2) is 5.82 Å². The molecule has 0 unspecified atom stereocenters. The fraction of sp³-hybridized carbons (Fsp3) is 0.857. The van der Waals surface area contributed by atoms with Gasteiger partial charge in [-0.1, -0.05) is 24.4 Å². The largest absolute Gasteiger partial charge is 0.377 e. The Morgan fingerprint density at radius 1 is 1.21 bits per heavy atom. The number of ether oxygens (including phenoxy) is 1. The molecule has 1 saturated carbocycles. The summed E-state index contributed by atoms with van der Waals surface area (Å²) in [6, 6.07) is 0. The Kier molecular flexibility index (Phi) is 4.43. The van der Waals surface area contributed by atoms with Gasteiger partial charge in [-0.25, -0.2) is 0 Å². The van der Waals surface area contributed by atoms with E-state index in [2.05, 4.69) is 17.1 Å². The monoisotopic (exact) mass is 282 g/mol. The van der Waals surface area contributed by atoms with Crippen molar-refractivity contribution in [2.45, 2.75) is 68.5 Å². The summed E-state index contributed by atoms with van der Waals surface area (Å²) in [5.41, 5.74) is 0. The Morgan fingerprint density at radius 3 is 2.79 bits per heavy atom. The van der Waals surface area contributed by atoms with Crippen molar-refractivity contribution in [3.05, 3.63) is 11.7 Å². The van der Waals surface area contributed by atoms with Crippen LogP contribution in [0.15, 0.2) is 4.52 Å².